The van der Waals surface area contributed by atoms with Gasteiger partial charge in [0.1, 0.15) is 0 Å². The van der Waals surface area contributed by atoms with Crippen molar-refractivity contribution in [3.63, 3.8) is 0 Å². The van der Waals surface area contributed by atoms with Crippen LogP contribution in [-0.4, -0.2) is 35.7 Å². The zero-order valence-corrected chi connectivity index (χ0v) is 14.3. The van der Waals surface area contributed by atoms with E-state index in [1.54, 1.807) is 23.1 Å². The van der Waals surface area contributed by atoms with E-state index in [0.717, 1.165) is 41.6 Å². The molecule has 1 aromatic rings. The number of aliphatic hydroxyl groups excluding tert-OH is 1. The number of fused-ring (bicyclic) bond motifs is 1. The van der Waals surface area contributed by atoms with Crippen molar-refractivity contribution in [2.24, 2.45) is 5.92 Å². The second-order valence-electron chi connectivity index (χ2n) is 5.52. The van der Waals surface area contributed by atoms with E-state index in [1.807, 2.05) is 0 Å². The average molecular weight is 328 g/mol. The lowest BCUT2D eigenvalue weighted by Crippen LogP contribution is -2.25. The van der Waals surface area contributed by atoms with E-state index in [-0.39, 0.29) is 12.5 Å². The third-order valence-corrected chi connectivity index (χ3v) is 6.27. The summed E-state index contributed by atoms with van der Waals surface area (Å²) in [5.74, 6) is 2.74. The molecular formula is C16H25NO2S2. The highest BCUT2D eigenvalue weighted by Gasteiger charge is 2.21. The second kappa shape index (κ2) is 8.81. The Kier molecular flexibility index (Phi) is 7.07. The van der Waals surface area contributed by atoms with Crippen LogP contribution in [0.15, 0.2) is 6.07 Å². The Bertz CT molecular complexity index is 459. The van der Waals surface area contributed by atoms with Crippen LogP contribution >= 0.6 is 23.1 Å². The van der Waals surface area contributed by atoms with Gasteiger partial charge in [0.05, 0.1) is 4.88 Å². The van der Waals surface area contributed by atoms with Crippen LogP contribution in [0.1, 0.15) is 46.3 Å². The number of aryl methyl sites for hydroxylation is 1. The number of aliphatic hydroxyl groups is 1. The van der Waals surface area contributed by atoms with E-state index in [0.29, 0.717) is 6.54 Å². The van der Waals surface area contributed by atoms with E-state index in [2.05, 4.69) is 18.3 Å². The predicted octanol–water partition coefficient (Wildman–Crippen LogP) is 3.11. The topological polar surface area (TPSA) is 49.3 Å². The summed E-state index contributed by atoms with van der Waals surface area (Å²) in [5.41, 5.74) is 1.40. The molecule has 0 aliphatic heterocycles. The Labute approximate surface area is 135 Å². The maximum absolute atomic E-state index is 12.2. The highest BCUT2D eigenvalue weighted by molar-refractivity contribution is 7.99. The van der Waals surface area contributed by atoms with Crippen LogP contribution in [0, 0.1) is 5.92 Å². The maximum Gasteiger partial charge on any atom is 0.261 e. The van der Waals surface area contributed by atoms with Gasteiger partial charge < -0.3 is 10.4 Å². The minimum atomic E-state index is 0.0743. The molecular weight excluding hydrogens is 302 g/mol. The molecule has 1 unspecified atom stereocenters. The van der Waals surface area contributed by atoms with Gasteiger partial charge in [-0.05, 0) is 49.0 Å². The number of rotatable bonds is 8. The quantitative estimate of drug-likeness (QED) is 0.721. The Hall–Kier alpha value is -0.520. The summed E-state index contributed by atoms with van der Waals surface area (Å²) in [4.78, 5) is 14.4. The van der Waals surface area contributed by atoms with Crippen molar-refractivity contribution in [1.82, 2.24) is 5.32 Å². The molecule has 118 valence electrons. The third-order valence-electron chi connectivity index (χ3n) is 3.96. The lowest BCUT2D eigenvalue weighted by molar-refractivity contribution is 0.0960. The molecule has 2 rings (SSSR count). The fourth-order valence-electron chi connectivity index (χ4n) is 2.65. The standard InChI is InChI=1S/C16H25NO2S2/c1-2-12-4-5-14-13(10-12)11-15(21-14)16(19)17-6-9-20-8-3-7-18/h11-12,18H,2-10H2,1H3,(H,17,19). The number of hydrogen-bond donors (Lipinski definition) is 2. The van der Waals surface area contributed by atoms with Gasteiger partial charge in [-0.15, -0.1) is 11.3 Å². The zero-order chi connectivity index (χ0) is 15.1. The summed E-state index contributed by atoms with van der Waals surface area (Å²) in [7, 11) is 0. The zero-order valence-electron chi connectivity index (χ0n) is 12.7. The first-order chi connectivity index (χ1) is 10.2. The van der Waals surface area contributed by atoms with Crippen molar-refractivity contribution in [3.8, 4) is 0 Å². The number of carbonyl (C=O) groups excluding carboxylic acids is 1. The Balaban J connectivity index is 1.77. The summed E-state index contributed by atoms with van der Waals surface area (Å²) in [6.07, 6.45) is 5.62. The molecule has 2 N–H and O–H groups in total. The predicted molar refractivity (Wildman–Crippen MR) is 91.5 cm³/mol. The first-order valence-corrected chi connectivity index (χ1v) is 9.80. The normalized spacial score (nSPS) is 17.5. The van der Waals surface area contributed by atoms with E-state index < -0.39 is 0 Å². The molecule has 0 fully saturated rings. The highest BCUT2D eigenvalue weighted by Crippen LogP contribution is 2.33. The number of thioether (sulfide) groups is 1. The molecule has 1 heterocycles. The van der Waals surface area contributed by atoms with Crippen molar-refractivity contribution in [3.05, 3.63) is 21.4 Å². The minimum absolute atomic E-state index is 0.0743. The van der Waals surface area contributed by atoms with Crippen LogP contribution in [0.2, 0.25) is 0 Å². The lowest BCUT2D eigenvalue weighted by atomic mass is 9.87. The summed E-state index contributed by atoms with van der Waals surface area (Å²) in [6, 6.07) is 2.11. The van der Waals surface area contributed by atoms with Crippen LogP contribution in [0.3, 0.4) is 0 Å². The van der Waals surface area contributed by atoms with Gasteiger partial charge in [-0.2, -0.15) is 11.8 Å². The number of nitrogens with one attached hydrogen (secondary N) is 1. The summed E-state index contributed by atoms with van der Waals surface area (Å²) < 4.78 is 0. The van der Waals surface area contributed by atoms with Crippen LogP contribution in [0.5, 0.6) is 0 Å². The molecule has 5 heteroatoms. The molecule has 0 saturated carbocycles. The second-order valence-corrected chi connectivity index (χ2v) is 7.88. The first kappa shape index (κ1) is 16.8. The average Bonchev–Trinajstić information content (AvgIpc) is 2.93. The van der Waals surface area contributed by atoms with Crippen LogP contribution in [0.4, 0.5) is 0 Å². The summed E-state index contributed by atoms with van der Waals surface area (Å²) in [5, 5.41) is 11.7. The highest BCUT2D eigenvalue weighted by atomic mass is 32.2. The van der Waals surface area contributed by atoms with Gasteiger partial charge >= 0.3 is 0 Å². The molecule has 0 saturated heterocycles. The van der Waals surface area contributed by atoms with Crippen molar-refractivity contribution >= 4 is 29.0 Å². The SMILES string of the molecule is CCC1CCc2sc(C(=O)NCCSCCCO)cc2C1. The lowest BCUT2D eigenvalue weighted by Gasteiger charge is -2.19. The Morgan fingerprint density at radius 1 is 1.52 bits per heavy atom. The number of hydrogen-bond acceptors (Lipinski definition) is 4. The maximum atomic E-state index is 12.2. The molecule has 1 amide bonds. The molecule has 1 atom stereocenters. The van der Waals surface area contributed by atoms with E-state index in [4.69, 9.17) is 5.11 Å². The van der Waals surface area contributed by atoms with E-state index >= 15 is 0 Å². The molecule has 3 nitrogen and oxygen atoms in total. The van der Waals surface area contributed by atoms with Gasteiger partial charge in [0, 0.05) is 23.8 Å². The number of amides is 1. The molecule has 1 aliphatic rings. The minimum Gasteiger partial charge on any atom is -0.396 e. The first-order valence-electron chi connectivity index (χ1n) is 7.83. The monoisotopic (exact) mass is 327 g/mol. The van der Waals surface area contributed by atoms with Gasteiger partial charge in [-0.1, -0.05) is 13.3 Å². The van der Waals surface area contributed by atoms with Crippen molar-refractivity contribution < 1.29 is 9.90 Å². The molecule has 0 radical (unpaired) electrons. The van der Waals surface area contributed by atoms with Gasteiger partial charge in [0.15, 0.2) is 0 Å². The van der Waals surface area contributed by atoms with Crippen LogP contribution < -0.4 is 5.32 Å². The van der Waals surface area contributed by atoms with E-state index in [9.17, 15) is 4.79 Å². The Morgan fingerprint density at radius 3 is 3.14 bits per heavy atom. The summed E-state index contributed by atoms with van der Waals surface area (Å²) in [6.45, 7) is 3.21. The van der Waals surface area contributed by atoms with Crippen LogP contribution in [0.25, 0.3) is 0 Å². The third kappa shape index (κ3) is 5.01. The van der Waals surface area contributed by atoms with Crippen LogP contribution in [-0.2, 0) is 12.8 Å². The molecule has 0 aromatic carbocycles. The van der Waals surface area contributed by atoms with Gasteiger partial charge in [-0.25, -0.2) is 0 Å². The fraction of sp³-hybridized carbons (Fsp3) is 0.688. The molecule has 21 heavy (non-hydrogen) atoms. The molecule has 0 bridgehead atoms. The van der Waals surface area contributed by atoms with Gasteiger partial charge in [-0.3, -0.25) is 4.79 Å². The molecule has 1 aromatic heterocycles. The Morgan fingerprint density at radius 2 is 2.38 bits per heavy atom. The van der Waals surface area contributed by atoms with Gasteiger partial charge in [0.2, 0.25) is 0 Å². The van der Waals surface area contributed by atoms with E-state index in [1.165, 1.54) is 23.3 Å². The number of thiophene rings is 1. The fourth-order valence-corrected chi connectivity index (χ4v) is 4.56. The molecule has 1 aliphatic carbocycles. The number of carbonyl (C=O) groups is 1. The molecule has 0 spiro atoms. The largest absolute Gasteiger partial charge is 0.396 e. The van der Waals surface area contributed by atoms with Crippen molar-refractivity contribution in [2.75, 3.05) is 24.7 Å². The smallest absolute Gasteiger partial charge is 0.261 e. The summed E-state index contributed by atoms with van der Waals surface area (Å²) >= 11 is 3.45. The van der Waals surface area contributed by atoms with Gasteiger partial charge in [0.25, 0.3) is 5.91 Å². The van der Waals surface area contributed by atoms with Crippen molar-refractivity contribution in [2.45, 2.75) is 39.0 Å². The van der Waals surface area contributed by atoms with Crippen molar-refractivity contribution in [1.29, 1.82) is 0 Å².